The van der Waals surface area contributed by atoms with Crippen LogP contribution in [0.5, 0.6) is 17.2 Å². The van der Waals surface area contributed by atoms with Gasteiger partial charge in [0.1, 0.15) is 28.3 Å². The monoisotopic (exact) mass is 583 g/mol. The van der Waals surface area contributed by atoms with Crippen LogP contribution < -0.4 is 19.8 Å². The lowest BCUT2D eigenvalue weighted by atomic mass is 9.94. The molecule has 1 amide bonds. The number of aryl methyl sites for hydroxylation is 2. The van der Waals surface area contributed by atoms with Crippen molar-refractivity contribution in [1.29, 1.82) is 0 Å². The van der Waals surface area contributed by atoms with Gasteiger partial charge >= 0.3 is 0 Å². The summed E-state index contributed by atoms with van der Waals surface area (Å²) in [6.07, 6.45) is 5.44. The highest BCUT2D eigenvalue weighted by atomic mass is 16.5. The molecule has 1 aliphatic heterocycles. The topological polar surface area (TPSA) is 103 Å². The molecule has 2 aliphatic rings. The van der Waals surface area contributed by atoms with Gasteiger partial charge in [0.25, 0.3) is 11.5 Å². The highest BCUT2D eigenvalue weighted by Crippen LogP contribution is 2.39. The van der Waals surface area contributed by atoms with Crippen LogP contribution in [0.25, 0.3) is 22.2 Å². The quantitative estimate of drug-likeness (QED) is 0.285. The number of pyridine rings is 2. The molecule has 2 aromatic carbocycles. The number of benzene rings is 2. The lowest BCUT2D eigenvalue weighted by molar-refractivity contribution is 0.0506. The van der Waals surface area contributed by atoms with Crippen LogP contribution in [0.2, 0.25) is 0 Å². The van der Waals surface area contributed by atoms with E-state index in [1.165, 1.54) is 0 Å². The Morgan fingerprint density at radius 2 is 1.74 bits per heavy atom. The largest absolute Gasteiger partial charge is 0.496 e. The molecule has 1 aliphatic carbocycles. The number of fused-ring (bicyclic) bond motifs is 2. The van der Waals surface area contributed by atoms with Crippen LogP contribution in [0.3, 0.4) is 0 Å². The van der Waals surface area contributed by atoms with Gasteiger partial charge < -0.3 is 28.8 Å². The van der Waals surface area contributed by atoms with Gasteiger partial charge in [0.15, 0.2) is 0 Å². The van der Waals surface area contributed by atoms with Gasteiger partial charge in [0.2, 0.25) is 0 Å². The number of ether oxygens (including phenoxy) is 4. The molecule has 0 spiro atoms. The number of nitrogens with zero attached hydrogens (tertiary/aromatic N) is 2. The Balaban J connectivity index is 1.50. The van der Waals surface area contributed by atoms with E-state index < -0.39 is 0 Å². The molecule has 6 rings (SSSR count). The SMILES string of the molecule is COc1ccccc1-c1nc2c(OC)ccc(OC)c2cc1CN(C[C@@H]1CCCO1)C(=O)c1cc2c([nH]c1=O)CCCC2. The number of carbonyl (C=O) groups is 1. The van der Waals surface area contributed by atoms with Gasteiger partial charge in [-0.05, 0) is 86.1 Å². The standard InChI is InChI=1S/C34H37N3O6/c1-40-28-13-7-5-11-24(28)31-22(18-25-29(41-2)14-15-30(42-3)32(25)36-31)19-37(20-23-10-8-16-43-23)34(39)26-17-21-9-4-6-12-27(21)35-33(26)38/h5,7,11,13-15,17-18,23H,4,6,8-10,12,16,19-20H2,1-3H3,(H,35,38)/t23-/m0/s1. The van der Waals surface area contributed by atoms with Gasteiger partial charge in [-0.1, -0.05) is 12.1 Å². The summed E-state index contributed by atoms with van der Waals surface area (Å²) in [6, 6.07) is 15.1. The summed E-state index contributed by atoms with van der Waals surface area (Å²) < 4.78 is 23.1. The van der Waals surface area contributed by atoms with E-state index in [0.717, 1.165) is 66.3 Å². The summed E-state index contributed by atoms with van der Waals surface area (Å²) >= 11 is 0. The normalized spacial score (nSPS) is 16.1. The molecule has 2 aromatic heterocycles. The molecule has 1 fully saturated rings. The Kier molecular flexibility index (Phi) is 8.33. The summed E-state index contributed by atoms with van der Waals surface area (Å²) in [5, 5.41) is 0.756. The first kappa shape index (κ1) is 28.7. The fourth-order valence-corrected chi connectivity index (χ4v) is 6.25. The molecular formula is C34H37N3O6. The van der Waals surface area contributed by atoms with Crippen LogP contribution in [0.15, 0.2) is 53.3 Å². The zero-order valence-electron chi connectivity index (χ0n) is 24.9. The Morgan fingerprint density at radius 1 is 0.977 bits per heavy atom. The Bertz CT molecular complexity index is 1710. The zero-order valence-corrected chi connectivity index (χ0v) is 24.9. The van der Waals surface area contributed by atoms with Gasteiger partial charge in [-0.25, -0.2) is 4.98 Å². The molecule has 3 heterocycles. The zero-order chi connectivity index (χ0) is 29.9. The van der Waals surface area contributed by atoms with Crippen molar-refractivity contribution in [2.45, 2.75) is 51.2 Å². The molecule has 1 N–H and O–H groups in total. The average Bonchev–Trinajstić information content (AvgIpc) is 3.56. The molecule has 0 unspecified atom stereocenters. The predicted molar refractivity (Wildman–Crippen MR) is 164 cm³/mol. The minimum atomic E-state index is -0.351. The maximum absolute atomic E-state index is 14.3. The number of hydrogen-bond acceptors (Lipinski definition) is 7. The maximum atomic E-state index is 14.3. The molecule has 4 aromatic rings. The second kappa shape index (κ2) is 12.5. The van der Waals surface area contributed by atoms with Gasteiger partial charge in [0.05, 0.1) is 33.1 Å². The van der Waals surface area contributed by atoms with Crippen molar-refractivity contribution in [2.24, 2.45) is 0 Å². The lowest BCUT2D eigenvalue weighted by Crippen LogP contribution is -2.40. The predicted octanol–water partition coefficient (Wildman–Crippen LogP) is 5.32. The molecule has 0 radical (unpaired) electrons. The van der Waals surface area contributed by atoms with Crippen LogP contribution in [-0.4, -0.2) is 61.4 Å². The van der Waals surface area contributed by atoms with Crippen molar-refractivity contribution in [3.63, 3.8) is 0 Å². The molecule has 9 heteroatoms. The summed E-state index contributed by atoms with van der Waals surface area (Å²) in [5.74, 6) is 1.57. The number of amides is 1. The number of H-pyrrole nitrogens is 1. The van der Waals surface area contributed by atoms with E-state index in [4.69, 9.17) is 23.9 Å². The van der Waals surface area contributed by atoms with E-state index in [1.807, 2.05) is 42.5 Å². The fraction of sp³-hybridized carbons (Fsp3) is 0.382. The van der Waals surface area contributed by atoms with Crippen LogP contribution in [0, 0.1) is 0 Å². The van der Waals surface area contributed by atoms with E-state index in [9.17, 15) is 9.59 Å². The number of hydrogen-bond donors (Lipinski definition) is 1. The molecular weight excluding hydrogens is 546 g/mol. The number of rotatable bonds is 9. The molecule has 1 atom stereocenters. The molecule has 9 nitrogen and oxygen atoms in total. The first-order chi connectivity index (χ1) is 21.0. The summed E-state index contributed by atoms with van der Waals surface area (Å²) in [4.78, 5) is 37.3. The Labute approximate surface area is 250 Å². The van der Waals surface area contributed by atoms with Crippen LogP contribution >= 0.6 is 0 Å². The summed E-state index contributed by atoms with van der Waals surface area (Å²) in [6.45, 7) is 1.22. The number of aromatic nitrogens is 2. The Hall–Kier alpha value is -4.37. The third kappa shape index (κ3) is 5.69. The minimum absolute atomic E-state index is 0.113. The Morgan fingerprint density at radius 3 is 2.51 bits per heavy atom. The molecule has 43 heavy (non-hydrogen) atoms. The van der Waals surface area contributed by atoms with E-state index >= 15 is 0 Å². The van der Waals surface area contributed by atoms with Crippen molar-refractivity contribution in [1.82, 2.24) is 14.9 Å². The summed E-state index contributed by atoms with van der Waals surface area (Å²) in [5.41, 5.74) is 4.64. The smallest absolute Gasteiger partial charge is 0.261 e. The number of nitrogens with one attached hydrogen (secondary N) is 1. The van der Waals surface area contributed by atoms with Gasteiger partial charge in [-0.2, -0.15) is 0 Å². The fourth-order valence-electron chi connectivity index (χ4n) is 6.25. The first-order valence-electron chi connectivity index (χ1n) is 14.8. The highest BCUT2D eigenvalue weighted by Gasteiger charge is 2.28. The van der Waals surface area contributed by atoms with E-state index in [-0.39, 0.29) is 29.7 Å². The third-order valence-electron chi connectivity index (χ3n) is 8.45. The number of aromatic amines is 1. The molecule has 224 valence electrons. The van der Waals surface area contributed by atoms with Gasteiger partial charge in [-0.15, -0.1) is 0 Å². The van der Waals surface area contributed by atoms with Crippen LogP contribution in [0.1, 0.15) is 52.9 Å². The van der Waals surface area contributed by atoms with E-state index in [0.29, 0.717) is 41.6 Å². The van der Waals surface area contributed by atoms with E-state index in [2.05, 4.69) is 4.98 Å². The van der Waals surface area contributed by atoms with Gasteiger partial charge in [0, 0.05) is 36.3 Å². The maximum Gasteiger partial charge on any atom is 0.261 e. The molecule has 1 saturated heterocycles. The van der Waals surface area contributed by atoms with Crippen molar-refractivity contribution >= 4 is 16.8 Å². The second-order valence-corrected chi connectivity index (χ2v) is 11.1. The molecule has 0 saturated carbocycles. The number of para-hydroxylation sites is 1. The number of carbonyl (C=O) groups excluding carboxylic acids is 1. The van der Waals surface area contributed by atoms with Crippen LogP contribution in [-0.2, 0) is 24.1 Å². The summed E-state index contributed by atoms with van der Waals surface area (Å²) in [7, 11) is 4.85. The lowest BCUT2D eigenvalue weighted by Gasteiger charge is -2.27. The van der Waals surface area contributed by atoms with Crippen LogP contribution in [0.4, 0.5) is 0 Å². The van der Waals surface area contributed by atoms with E-state index in [1.54, 1.807) is 32.3 Å². The van der Waals surface area contributed by atoms with Gasteiger partial charge in [-0.3, -0.25) is 9.59 Å². The number of methoxy groups -OCH3 is 3. The van der Waals surface area contributed by atoms with Crippen molar-refractivity contribution in [3.05, 3.63) is 81.3 Å². The van der Waals surface area contributed by atoms with Crippen molar-refractivity contribution in [3.8, 4) is 28.5 Å². The molecule has 0 bridgehead atoms. The van der Waals surface area contributed by atoms with Crippen molar-refractivity contribution in [2.75, 3.05) is 34.5 Å². The minimum Gasteiger partial charge on any atom is -0.496 e. The van der Waals surface area contributed by atoms with Crippen molar-refractivity contribution < 1.29 is 23.7 Å². The third-order valence-corrected chi connectivity index (χ3v) is 8.45. The first-order valence-corrected chi connectivity index (χ1v) is 14.8. The average molecular weight is 584 g/mol. The highest BCUT2D eigenvalue weighted by molar-refractivity contribution is 5.95. The second-order valence-electron chi connectivity index (χ2n) is 11.1.